The van der Waals surface area contributed by atoms with E-state index in [9.17, 15) is 0 Å². The van der Waals surface area contributed by atoms with Gasteiger partial charge in [-0.25, -0.2) is 0 Å². The first-order chi connectivity index (χ1) is 10.6. The van der Waals surface area contributed by atoms with E-state index in [1.807, 2.05) is 0 Å². The van der Waals surface area contributed by atoms with E-state index in [0.717, 1.165) is 17.9 Å². The quantitative estimate of drug-likeness (QED) is 0.612. The molecule has 2 aromatic carbocycles. The van der Waals surface area contributed by atoms with Crippen molar-refractivity contribution in [2.45, 2.75) is 59.2 Å². The van der Waals surface area contributed by atoms with Crippen LogP contribution in [0.15, 0.2) is 36.4 Å². The fourth-order valence-electron chi connectivity index (χ4n) is 3.00. The highest BCUT2D eigenvalue weighted by atomic mass is 16.5. The zero-order chi connectivity index (χ0) is 16.8. The molecule has 0 aromatic heterocycles. The highest BCUT2D eigenvalue weighted by Crippen LogP contribution is 2.40. The molecule has 0 amide bonds. The van der Waals surface area contributed by atoms with E-state index in [4.69, 9.17) is 9.47 Å². The number of hydrogen-bond acceptors (Lipinski definition) is 2. The summed E-state index contributed by atoms with van der Waals surface area (Å²) in [5, 5.41) is 0. The summed E-state index contributed by atoms with van der Waals surface area (Å²) >= 11 is 0. The first kappa shape index (κ1) is 15.9. The van der Waals surface area contributed by atoms with Crippen molar-refractivity contribution in [3.63, 3.8) is 0 Å². The second-order valence-electron chi connectivity index (χ2n) is 8.24. The van der Waals surface area contributed by atoms with Crippen LogP contribution in [-0.2, 0) is 6.42 Å². The number of benzene rings is 2. The fourth-order valence-corrected chi connectivity index (χ4v) is 3.00. The first-order valence-corrected chi connectivity index (χ1v) is 8.25. The van der Waals surface area contributed by atoms with Crippen molar-refractivity contribution in [1.29, 1.82) is 0 Å². The van der Waals surface area contributed by atoms with Gasteiger partial charge in [0.05, 0.1) is 0 Å². The van der Waals surface area contributed by atoms with Crippen LogP contribution in [0.4, 0.5) is 0 Å². The summed E-state index contributed by atoms with van der Waals surface area (Å²) in [6.07, 6.45) is 0.938. The molecule has 2 aromatic rings. The topological polar surface area (TPSA) is 18.5 Å². The van der Waals surface area contributed by atoms with Crippen LogP contribution < -0.4 is 9.47 Å². The zero-order valence-corrected chi connectivity index (χ0v) is 15.0. The molecule has 0 bridgehead atoms. The van der Waals surface area contributed by atoms with E-state index in [0.29, 0.717) is 0 Å². The molecule has 0 heterocycles. The minimum absolute atomic E-state index is 0.173. The van der Waals surface area contributed by atoms with E-state index >= 15 is 0 Å². The molecule has 0 N–H and O–H groups in total. The molecule has 0 aliphatic heterocycles. The predicted octanol–water partition coefficient (Wildman–Crippen LogP) is 5.61. The van der Waals surface area contributed by atoms with Crippen LogP contribution in [0, 0.1) is 0 Å². The Morgan fingerprint density at radius 3 is 1.39 bits per heavy atom. The lowest BCUT2D eigenvalue weighted by atomic mass is 10.1. The minimum Gasteiger partial charge on any atom is -0.488 e. The molecule has 122 valence electrons. The SMILES string of the molecule is CC(C)(C)Oc1ccc2c(c1)Cc1cc(OC(C)(C)C)ccc1-2. The maximum atomic E-state index is 5.99. The van der Waals surface area contributed by atoms with Crippen molar-refractivity contribution in [3.8, 4) is 22.6 Å². The van der Waals surface area contributed by atoms with Gasteiger partial charge in [-0.3, -0.25) is 0 Å². The maximum Gasteiger partial charge on any atom is 0.120 e. The highest BCUT2D eigenvalue weighted by molar-refractivity contribution is 5.78. The molecule has 23 heavy (non-hydrogen) atoms. The first-order valence-electron chi connectivity index (χ1n) is 8.25. The van der Waals surface area contributed by atoms with Crippen molar-refractivity contribution in [1.82, 2.24) is 0 Å². The maximum absolute atomic E-state index is 5.99. The van der Waals surface area contributed by atoms with Crippen molar-refractivity contribution in [2.24, 2.45) is 0 Å². The van der Waals surface area contributed by atoms with Crippen LogP contribution >= 0.6 is 0 Å². The second kappa shape index (κ2) is 5.30. The summed E-state index contributed by atoms with van der Waals surface area (Å²) in [4.78, 5) is 0. The number of hydrogen-bond donors (Lipinski definition) is 0. The molecule has 0 unspecified atom stereocenters. The Labute approximate surface area is 139 Å². The molecule has 0 saturated heterocycles. The Morgan fingerprint density at radius 2 is 1.04 bits per heavy atom. The van der Waals surface area contributed by atoms with E-state index in [1.54, 1.807) is 0 Å². The molecule has 1 aliphatic rings. The zero-order valence-electron chi connectivity index (χ0n) is 15.0. The Hall–Kier alpha value is -1.96. The second-order valence-corrected chi connectivity index (χ2v) is 8.24. The lowest BCUT2D eigenvalue weighted by Gasteiger charge is -2.21. The summed E-state index contributed by atoms with van der Waals surface area (Å²) in [6.45, 7) is 12.4. The monoisotopic (exact) mass is 310 g/mol. The lowest BCUT2D eigenvalue weighted by Crippen LogP contribution is -2.22. The van der Waals surface area contributed by atoms with Gasteiger partial charge < -0.3 is 9.47 Å². The number of ether oxygens (including phenoxy) is 2. The molecule has 0 spiro atoms. The van der Waals surface area contributed by atoms with Crippen LogP contribution in [0.1, 0.15) is 52.7 Å². The fraction of sp³-hybridized carbons (Fsp3) is 0.429. The average molecular weight is 310 g/mol. The summed E-state index contributed by atoms with van der Waals surface area (Å²) in [7, 11) is 0. The van der Waals surface area contributed by atoms with Gasteiger partial charge in [0.2, 0.25) is 0 Å². The number of fused-ring (bicyclic) bond motifs is 3. The summed E-state index contributed by atoms with van der Waals surface area (Å²) in [5.74, 6) is 1.88. The normalized spacial score (nSPS) is 13.5. The van der Waals surface area contributed by atoms with Crippen LogP contribution in [-0.4, -0.2) is 11.2 Å². The Kier molecular flexibility index (Phi) is 3.66. The summed E-state index contributed by atoms with van der Waals surface area (Å²) in [6, 6.07) is 12.8. The van der Waals surface area contributed by atoms with Gasteiger partial charge in [-0.05, 0) is 94.5 Å². The van der Waals surface area contributed by atoms with Crippen molar-refractivity contribution >= 4 is 0 Å². The Morgan fingerprint density at radius 1 is 0.652 bits per heavy atom. The van der Waals surface area contributed by atoms with Gasteiger partial charge in [0.1, 0.15) is 22.7 Å². The minimum atomic E-state index is -0.173. The van der Waals surface area contributed by atoms with Crippen molar-refractivity contribution < 1.29 is 9.47 Å². The highest BCUT2D eigenvalue weighted by Gasteiger charge is 2.22. The smallest absolute Gasteiger partial charge is 0.120 e. The Balaban J connectivity index is 1.88. The van der Waals surface area contributed by atoms with Crippen molar-refractivity contribution in [2.75, 3.05) is 0 Å². The number of rotatable bonds is 2. The van der Waals surface area contributed by atoms with E-state index in [-0.39, 0.29) is 11.2 Å². The van der Waals surface area contributed by atoms with E-state index in [2.05, 4.69) is 77.9 Å². The third kappa shape index (κ3) is 3.69. The van der Waals surface area contributed by atoms with Gasteiger partial charge in [-0.2, -0.15) is 0 Å². The van der Waals surface area contributed by atoms with E-state index in [1.165, 1.54) is 22.3 Å². The van der Waals surface area contributed by atoms with Gasteiger partial charge in [-0.1, -0.05) is 12.1 Å². The predicted molar refractivity (Wildman–Crippen MR) is 95.4 cm³/mol. The van der Waals surface area contributed by atoms with Crippen LogP contribution in [0.3, 0.4) is 0 Å². The van der Waals surface area contributed by atoms with Gasteiger partial charge in [0.25, 0.3) is 0 Å². The molecule has 0 atom stereocenters. The van der Waals surface area contributed by atoms with Crippen LogP contribution in [0.5, 0.6) is 11.5 Å². The molecule has 0 saturated carbocycles. The average Bonchev–Trinajstić information content (AvgIpc) is 2.71. The van der Waals surface area contributed by atoms with Crippen LogP contribution in [0.2, 0.25) is 0 Å². The Bertz CT molecular complexity index is 667. The molecule has 3 rings (SSSR count). The van der Waals surface area contributed by atoms with Gasteiger partial charge in [0, 0.05) is 0 Å². The molecular weight excluding hydrogens is 284 g/mol. The molecule has 2 nitrogen and oxygen atoms in total. The molecular formula is C21H26O2. The van der Waals surface area contributed by atoms with Crippen molar-refractivity contribution in [3.05, 3.63) is 47.5 Å². The third-order valence-corrected chi connectivity index (χ3v) is 3.67. The standard InChI is InChI=1S/C21H26O2/c1-20(2,3)22-16-7-9-18-14(12-16)11-15-13-17(8-10-19(15)18)23-21(4,5)6/h7-10,12-13H,11H2,1-6H3. The lowest BCUT2D eigenvalue weighted by molar-refractivity contribution is 0.130. The van der Waals surface area contributed by atoms with Gasteiger partial charge >= 0.3 is 0 Å². The van der Waals surface area contributed by atoms with E-state index < -0.39 is 0 Å². The molecule has 0 fully saturated rings. The summed E-state index contributed by atoms with van der Waals surface area (Å²) < 4.78 is 12.0. The molecule has 2 heteroatoms. The largest absolute Gasteiger partial charge is 0.488 e. The summed E-state index contributed by atoms with van der Waals surface area (Å²) in [5.41, 5.74) is 4.93. The molecule has 1 aliphatic carbocycles. The third-order valence-electron chi connectivity index (χ3n) is 3.67. The van der Waals surface area contributed by atoms with Crippen LogP contribution in [0.25, 0.3) is 11.1 Å². The van der Waals surface area contributed by atoms with Gasteiger partial charge in [0.15, 0.2) is 0 Å². The molecule has 0 radical (unpaired) electrons. The van der Waals surface area contributed by atoms with Gasteiger partial charge in [-0.15, -0.1) is 0 Å².